The lowest BCUT2D eigenvalue weighted by Gasteiger charge is -2.24. The predicted molar refractivity (Wildman–Crippen MR) is 123 cm³/mol. The van der Waals surface area contributed by atoms with Crippen molar-refractivity contribution < 1.29 is 9.53 Å². The highest BCUT2D eigenvalue weighted by atomic mass is 79.9. The first-order chi connectivity index (χ1) is 14.9. The molecule has 0 aliphatic rings. The van der Waals surface area contributed by atoms with Crippen molar-refractivity contribution >= 4 is 33.3 Å². The van der Waals surface area contributed by atoms with Crippen molar-refractivity contribution in [2.24, 2.45) is 0 Å². The van der Waals surface area contributed by atoms with E-state index in [1.807, 2.05) is 54.6 Å². The quantitative estimate of drug-likeness (QED) is 0.506. The van der Waals surface area contributed by atoms with Gasteiger partial charge in [-0.2, -0.15) is 0 Å². The molecule has 0 unspecified atom stereocenters. The lowest BCUT2D eigenvalue weighted by Crippen LogP contribution is -2.43. The van der Waals surface area contributed by atoms with Gasteiger partial charge in [0.05, 0.1) is 19.6 Å². The first-order valence-electron chi connectivity index (χ1n) is 9.61. The highest BCUT2D eigenvalue weighted by Gasteiger charge is 2.24. The largest absolute Gasteiger partial charge is 0.383 e. The third kappa shape index (κ3) is 5.50. The number of nitrogens with one attached hydrogen (secondary N) is 1. The van der Waals surface area contributed by atoms with Crippen LogP contribution in [0.5, 0.6) is 0 Å². The Kier molecular flexibility index (Phi) is 7.43. The molecule has 3 aromatic rings. The lowest BCUT2D eigenvalue weighted by molar-refractivity contribution is -0.118. The lowest BCUT2D eigenvalue weighted by atomic mass is 10.1. The van der Waals surface area contributed by atoms with Gasteiger partial charge in [0.2, 0.25) is 5.91 Å². The van der Waals surface area contributed by atoms with E-state index in [4.69, 9.17) is 10.5 Å². The van der Waals surface area contributed by atoms with Gasteiger partial charge in [-0.15, -0.1) is 0 Å². The Morgan fingerprint density at radius 3 is 2.42 bits per heavy atom. The van der Waals surface area contributed by atoms with Crippen LogP contribution in [0.2, 0.25) is 0 Å². The number of hydrogen-bond acceptors (Lipinski definition) is 5. The van der Waals surface area contributed by atoms with Crippen LogP contribution in [0.3, 0.4) is 0 Å². The van der Waals surface area contributed by atoms with Crippen molar-refractivity contribution in [2.45, 2.75) is 13.0 Å². The molecule has 8 nitrogen and oxygen atoms in total. The summed E-state index contributed by atoms with van der Waals surface area (Å²) in [5, 5.41) is 0. The number of ether oxygens (including phenoxy) is 1. The highest BCUT2D eigenvalue weighted by Crippen LogP contribution is 2.19. The first-order valence-corrected chi connectivity index (χ1v) is 10.4. The summed E-state index contributed by atoms with van der Waals surface area (Å²) in [5.74, 6) is -0.403. The number of carbonyl (C=O) groups excluding carboxylic acids is 1. The SMILES string of the molecule is COCCN(C(=O)Cc1ccc(Br)cc1)c1c(N)n(Cc2ccccc2)c(=O)[nH]c1=O. The van der Waals surface area contributed by atoms with Crippen LogP contribution in [0.25, 0.3) is 0 Å². The van der Waals surface area contributed by atoms with Crippen LogP contribution in [-0.4, -0.2) is 35.7 Å². The number of hydrogen-bond donors (Lipinski definition) is 2. The molecular formula is C22H23BrN4O4. The molecule has 0 aliphatic carbocycles. The van der Waals surface area contributed by atoms with Crippen molar-refractivity contribution in [2.75, 3.05) is 30.9 Å². The Morgan fingerprint density at radius 1 is 1.10 bits per heavy atom. The smallest absolute Gasteiger partial charge is 0.330 e. The number of amides is 1. The van der Waals surface area contributed by atoms with Crippen LogP contribution < -0.4 is 21.9 Å². The van der Waals surface area contributed by atoms with E-state index in [0.29, 0.717) is 0 Å². The molecule has 2 aromatic carbocycles. The van der Waals surface area contributed by atoms with Gasteiger partial charge in [-0.1, -0.05) is 58.4 Å². The molecule has 0 aliphatic heterocycles. The predicted octanol–water partition coefficient (Wildman–Crippen LogP) is 2.15. The number of methoxy groups -OCH3 is 1. The monoisotopic (exact) mass is 486 g/mol. The number of rotatable bonds is 8. The fraction of sp³-hybridized carbons (Fsp3) is 0.227. The topological polar surface area (TPSA) is 110 Å². The maximum atomic E-state index is 13.1. The Labute approximate surface area is 187 Å². The second-order valence-corrected chi connectivity index (χ2v) is 7.82. The fourth-order valence-corrected chi connectivity index (χ4v) is 3.44. The maximum absolute atomic E-state index is 13.1. The normalized spacial score (nSPS) is 10.8. The molecule has 31 heavy (non-hydrogen) atoms. The van der Waals surface area contributed by atoms with Gasteiger partial charge < -0.3 is 15.4 Å². The fourth-order valence-electron chi connectivity index (χ4n) is 3.18. The average molecular weight is 487 g/mol. The average Bonchev–Trinajstić information content (AvgIpc) is 2.75. The molecule has 9 heteroatoms. The molecule has 0 saturated carbocycles. The number of nitrogen functional groups attached to an aromatic ring is 1. The number of halogens is 1. The Balaban J connectivity index is 2.00. The summed E-state index contributed by atoms with van der Waals surface area (Å²) in [7, 11) is 1.50. The molecule has 0 spiro atoms. The van der Waals surface area contributed by atoms with E-state index in [-0.39, 0.29) is 43.5 Å². The van der Waals surface area contributed by atoms with Gasteiger partial charge in [-0.25, -0.2) is 4.79 Å². The van der Waals surface area contributed by atoms with E-state index in [1.54, 1.807) is 0 Å². The summed E-state index contributed by atoms with van der Waals surface area (Å²) in [6.07, 6.45) is 0.0632. The third-order valence-corrected chi connectivity index (χ3v) is 5.28. The zero-order valence-corrected chi connectivity index (χ0v) is 18.6. The molecule has 0 fully saturated rings. The van der Waals surface area contributed by atoms with Gasteiger partial charge in [0, 0.05) is 18.1 Å². The zero-order chi connectivity index (χ0) is 22.4. The summed E-state index contributed by atoms with van der Waals surface area (Å²) in [6.45, 7) is 0.472. The van der Waals surface area contributed by atoms with Gasteiger partial charge >= 0.3 is 5.69 Å². The minimum absolute atomic E-state index is 0.0605. The van der Waals surface area contributed by atoms with Crippen LogP contribution in [0, 0.1) is 0 Å². The number of nitrogens with zero attached hydrogens (tertiary/aromatic N) is 2. The molecule has 1 amide bonds. The number of aromatic amines is 1. The third-order valence-electron chi connectivity index (χ3n) is 4.76. The minimum atomic E-state index is -0.716. The standard InChI is InChI=1S/C22H23BrN4O4/c1-31-12-11-26(18(28)13-15-7-9-17(23)10-8-15)19-20(24)27(22(30)25-21(19)29)14-16-5-3-2-4-6-16/h2-10H,11-14,24H2,1H3,(H,25,29,30). The van der Waals surface area contributed by atoms with Crippen LogP contribution in [-0.2, 0) is 22.5 Å². The number of benzene rings is 2. The number of aromatic nitrogens is 2. The number of H-pyrrole nitrogens is 1. The highest BCUT2D eigenvalue weighted by molar-refractivity contribution is 9.10. The number of carbonyl (C=O) groups is 1. The second-order valence-electron chi connectivity index (χ2n) is 6.91. The summed E-state index contributed by atoms with van der Waals surface area (Å²) in [4.78, 5) is 41.8. The van der Waals surface area contributed by atoms with Crippen LogP contribution in [0.1, 0.15) is 11.1 Å². The van der Waals surface area contributed by atoms with Crippen LogP contribution in [0.15, 0.2) is 68.7 Å². The number of anilines is 2. The molecule has 1 heterocycles. The summed E-state index contributed by atoms with van der Waals surface area (Å²) in [5.41, 5.74) is 6.46. The zero-order valence-electron chi connectivity index (χ0n) is 17.0. The van der Waals surface area contributed by atoms with Crippen LogP contribution >= 0.6 is 15.9 Å². The molecular weight excluding hydrogens is 464 g/mol. The summed E-state index contributed by atoms with van der Waals surface area (Å²) >= 11 is 3.37. The van der Waals surface area contributed by atoms with E-state index in [0.717, 1.165) is 15.6 Å². The number of nitrogens with two attached hydrogens (primary N) is 1. The van der Waals surface area contributed by atoms with Crippen LogP contribution in [0.4, 0.5) is 11.5 Å². The molecule has 0 saturated heterocycles. The van der Waals surface area contributed by atoms with Gasteiger partial charge in [-0.05, 0) is 23.3 Å². The van der Waals surface area contributed by atoms with E-state index in [9.17, 15) is 14.4 Å². The van der Waals surface area contributed by atoms with E-state index >= 15 is 0 Å². The van der Waals surface area contributed by atoms with E-state index in [2.05, 4.69) is 20.9 Å². The van der Waals surface area contributed by atoms with Crippen molar-refractivity contribution in [1.29, 1.82) is 0 Å². The van der Waals surface area contributed by atoms with Crippen molar-refractivity contribution in [3.05, 3.63) is 91.0 Å². The summed E-state index contributed by atoms with van der Waals surface area (Å²) in [6, 6.07) is 16.6. The van der Waals surface area contributed by atoms with Crippen molar-refractivity contribution in [3.63, 3.8) is 0 Å². The molecule has 0 bridgehead atoms. The molecule has 0 radical (unpaired) electrons. The van der Waals surface area contributed by atoms with Gasteiger partial charge in [-0.3, -0.25) is 19.1 Å². The van der Waals surface area contributed by atoms with E-state index in [1.165, 1.54) is 16.6 Å². The van der Waals surface area contributed by atoms with Gasteiger partial charge in [0.25, 0.3) is 5.56 Å². The van der Waals surface area contributed by atoms with Crippen molar-refractivity contribution in [1.82, 2.24) is 9.55 Å². The minimum Gasteiger partial charge on any atom is -0.383 e. The Morgan fingerprint density at radius 2 is 1.77 bits per heavy atom. The van der Waals surface area contributed by atoms with Gasteiger partial charge in [0.15, 0.2) is 5.69 Å². The molecule has 162 valence electrons. The molecule has 3 N–H and O–H groups in total. The maximum Gasteiger partial charge on any atom is 0.330 e. The Bertz CT molecular complexity index is 1160. The first kappa shape index (κ1) is 22.5. The molecule has 0 atom stereocenters. The molecule has 3 rings (SSSR count). The molecule has 1 aromatic heterocycles. The van der Waals surface area contributed by atoms with Gasteiger partial charge in [0.1, 0.15) is 5.82 Å². The summed E-state index contributed by atoms with van der Waals surface area (Å²) < 4.78 is 7.26. The van der Waals surface area contributed by atoms with Crippen molar-refractivity contribution in [3.8, 4) is 0 Å². The second kappa shape index (κ2) is 10.2. The Hall–Kier alpha value is -3.17. The van der Waals surface area contributed by atoms with E-state index < -0.39 is 11.2 Å².